The van der Waals surface area contributed by atoms with Crippen LogP contribution in [0.15, 0.2) is 24.3 Å². The van der Waals surface area contributed by atoms with Crippen LogP contribution in [0.1, 0.15) is 36.5 Å². The van der Waals surface area contributed by atoms with Crippen molar-refractivity contribution in [2.24, 2.45) is 0 Å². The standard InChI is InChI=1S/C19H28N2O3/c1-3-24-17-8-5-4-7-16(17)18(22)20-11-6-9-19(15-20)10-12-21(19)13-14-23-2/h4-5,7-8H,3,6,9-15H2,1-2H3/t19-/m1/s1. The van der Waals surface area contributed by atoms with Gasteiger partial charge in [0.25, 0.3) is 5.91 Å². The fourth-order valence-corrected chi connectivity index (χ4v) is 3.98. The Balaban J connectivity index is 1.72. The molecule has 1 aromatic carbocycles. The number of nitrogens with zero attached hydrogens (tertiary/aromatic N) is 2. The fourth-order valence-electron chi connectivity index (χ4n) is 3.98. The first kappa shape index (κ1) is 17.2. The normalized spacial score (nSPS) is 24.0. The number of hydrogen-bond acceptors (Lipinski definition) is 4. The number of ether oxygens (including phenoxy) is 2. The van der Waals surface area contributed by atoms with Gasteiger partial charge in [-0.2, -0.15) is 0 Å². The Bertz CT molecular complexity index is 577. The van der Waals surface area contributed by atoms with Crippen molar-refractivity contribution in [2.75, 3.05) is 46.5 Å². The molecule has 0 saturated carbocycles. The average Bonchev–Trinajstić information content (AvgIpc) is 2.61. The lowest BCUT2D eigenvalue weighted by molar-refractivity contribution is -0.0679. The summed E-state index contributed by atoms with van der Waals surface area (Å²) in [5.74, 6) is 0.784. The summed E-state index contributed by atoms with van der Waals surface area (Å²) in [4.78, 5) is 17.6. The monoisotopic (exact) mass is 332 g/mol. The molecule has 1 atom stereocenters. The van der Waals surface area contributed by atoms with Crippen molar-refractivity contribution in [3.8, 4) is 5.75 Å². The molecule has 5 heteroatoms. The van der Waals surface area contributed by atoms with Crippen LogP contribution in [-0.4, -0.2) is 67.7 Å². The zero-order chi connectivity index (χ0) is 17.0. The highest BCUT2D eigenvalue weighted by Crippen LogP contribution is 2.39. The van der Waals surface area contributed by atoms with Crippen LogP contribution in [0.5, 0.6) is 5.75 Å². The van der Waals surface area contributed by atoms with E-state index in [0.29, 0.717) is 17.9 Å². The molecule has 2 fully saturated rings. The second-order valence-corrected chi connectivity index (χ2v) is 6.71. The average molecular weight is 332 g/mol. The minimum Gasteiger partial charge on any atom is -0.493 e. The van der Waals surface area contributed by atoms with E-state index in [-0.39, 0.29) is 11.4 Å². The van der Waals surface area contributed by atoms with Crippen molar-refractivity contribution < 1.29 is 14.3 Å². The van der Waals surface area contributed by atoms with E-state index in [0.717, 1.165) is 39.2 Å². The summed E-state index contributed by atoms with van der Waals surface area (Å²) in [7, 11) is 1.74. The predicted molar refractivity (Wildman–Crippen MR) is 93.5 cm³/mol. The summed E-state index contributed by atoms with van der Waals surface area (Å²) in [5.41, 5.74) is 0.840. The van der Waals surface area contributed by atoms with Crippen LogP contribution < -0.4 is 4.74 Å². The summed E-state index contributed by atoms with van der Waals surface area (Å²) >= 11 is 0. The number of piperidine rings is 1. The van der Waals surface area contributed by atoms with Crippen LogP contribution in [0.2, 0.25) is 0 Å². The molecule has 24 heavy (non-hydrogen) atoms. The highest BCUT2D eigenvalue weighted by molar-refractivity contribution is 5.97. The number of carbonyl (C=O) groups is 1. The summed E-state index contributed by atoms with van der Waals surface area (Å²) < 4.78 is 10.9. The molecule has 2 heterocycles. The topological polar surface area (TPSA) is 42.0 Å². The van der Waals surface area contributed by atoms with Crippen LogP contribution >= 0.6 is 0 Å². The van der Waals surface area contributed by atoms with Gasteiger partial charge in [-0.15, -0.1) is 0 Å². The highest BCUT2D eigenvalue weighted by atomic mass is 16.5. The molecule has 0 bridgehead atoms. The molecule has 5 nitrogen and oxygen atoms in total. The summed E-state index contributed by atoms with van der Waals surface area (Å²) in [5, 5.41) is 0. The summed E-state index contributed by atoms with van der Waals surface area (Å²) in [6.45, 7) is 6.98. The van der Waals surface area contributed by atoms with E-state index in [1.54, 1.807) is 7.11 Å². The Labute approximate surface area is 144 Å². The van der Waals surface area contributed by atoms with Crippen LogP contribution in [0, 0.1) is 0 Å². The maximum atomic E-state index is 13.0. The number of methoxy groups -OCH3 is 1. The number of carbonyl (C=O) groups excluding carboxylic acids is 1. The number of likely N-dealkylation sites (tertiary alicyclic amines) is 2. The lowest BCUT2D eigenvalue weighted by Crippen LogP contribution is -2.67. The minimum absolute atomic E-state index is 0.0942. The molecule has 0 unspecified atom stereocenters. The molecule has 1 amide bonds. The zero-order valence-corrected chi connectivity index (χ0v) is 14.8. The SMILES string of the molecule is CCOc1ccccc1C(=O)N1CCC[C@@]2(CCN2CCOC)C1. The van der Waals surface area contributed by atoms with Gasteiger partial charge < -0.3 is 14.4 Å². The van der Waals surface area contributed by atoms with Crippen molar-refractivity contribution in [3.05, 3.63) is 29.8 Å². The number of para-hydroxylation sites is 1. The third-order valence-electron chi connectivity index (χ3n) is 5.34. The Morgan fingerprint density at radius 2 is 2.08 bits per heavy atom. The van der Waals surface area contributed by atoms with Crippen LogP contribution in [0.3, 0.4) is 0 Å². The fraction of sp³-hybridized carbons (Fsp3) is 0.632. The number of amides is 1. The maximum Gasteiger partial charge on any atom is 0.257 e. The third-order valence-corrected chi connectivity index (χ3v) is 5.34. The van der Waals surface area contributed by atoms with Gasteiger partial charge >= 0.3 is 0 Å². The van der Waals surface area contributed by atoms with Crippen LogP contribution in [0.4, 0.5) is 0 Å². The van der Waals surface area contributed by atoms with Gasteiger partial charge in [-0.3, -0.25) is 9.69 Å². The molecule has 2 aliphatic rings. The molecule has 2 saturated heterocycles. The van der Waals surface area contributed by atoms with E-state index in [9.17, 15) is 4.79 Å². The van der Waals surface area contributed by atoms with Gasteiger partial charge in [-0.25, -0.2) is 0 Å². The smallest absolute Gasteiger partial charge is 0.257 e. The van der Waals surface area contributed by atoms with Gasteiger partial charge in [0.15, 0.2) is 0 Å². The first-order valence-electron chi connectivity index (χ1n) is 8.95. The van der Waals surface area contributed by atoms with E-state index in [1.165, 1.54) is 12.8 Å². The lowest BCUT2D eigenvalue weighted by Gasteiger charge is -2.57. The van der Waals surface area contributed by atoms with Gasteiger partial charge in [0.1, 0.15) is 5.75 Å². The summed E-state index contributed by atoms with van der Waals surface area (Å²) in [6, 6.07) is 7.57. The Morgan fingerprint density at radius 3 is 2.79 bits per heavy atom. The van der Waals surface area contributed by atoms with E-state index in [2.05, 4.69) is 4.90 Å². The second kappa shape index (κ2) is 7.53. The van der Waals surface area contributed by atoms with Gasteiger partial charge in [0.2, 0.25) is 0 Å². The minimum atomic E-state index is 0.0942. The molecule has 1 aromatic rings. The summed E-state index contributed by atoms with van der Waals surface area (Å²) in [6.07, 6.45) is 3.41. The second-order valence-electron chi connectivity index (χ2n) is 6.71. The van der Waals surface area contributed by atoms with E-state index < -0.39 is 0 Å². The first-order chi connectivity index (χ1) is 11.7. The number of rotatable bonds is 6. The van der Waals surface area contributed by atoms with Gasteiger partial charge in [0.05, 0.1) is 18.8 Å². The largest absolute Gasteiger partial charge is 0.493 e. The Kier molecular flexibility index (Phi) is 5.41. The van der Waals surface area contributed by atoms with E-state index in [4.69, 9.17) is 9.47 Å². The van der Waals surface area contributed by atoms with Crippen molar-refractivity contribution in [2.45, 2.75) is 31.7 Å². The molecule has 2 aliphatic heterocycles. The highest BCUT2D eigenvalue weighted by Gasteiger charge is 2.47. The molecule has 0 aliphatic carbocycles. The zero-order valence-electron chi connectivity index (χ0n) is 14.8. The van der Waals surface area contributed by atoms with E-state index in [1.807, 2.05) is 36.1 Å². The molecule has 3 rings (SSSR count). The predicted octanol–water partition coefficient (Wildman–Crippen LogP) is 2.41. The molecule has 0 N–H and O–H groups in total. The third kappa shape index (κ3) is 3.28. The number of benzene rings is 1. The van der Waals surface area contributed by atoms with Crippen molar-refractivity contribution in [1.82, 2.24) is 9.80 Å². The van der Waals surface area contributed by atoms with Crippen molar-refractivity contribution >= 4 is 5.91 Å². The molecule has 1 spiro atoms. The first-order valence-corrected chi connectivity index (χ1v) is 8.95. The molecular weight excluding hydrogens is 304 g/mol. The molecule has 0 aromatic heterocycles. The lowest BCUT2D eigenvalue weighted by atomic mass is 9.77. The van der Waals surface area contributed by atoms with Gasteiger partial charge in [-0.1, -0.05) is 12.1 Å². The van der Waals surface area contributed by atoms with Crippen molar-refractivity contribution in [3.63, 3.8) is 0 Å². The van der Waals surface area contributed by atoms with Crippen LogP contribution in [-0.2, 0) is 4.74 Å². The maximum absolute atomic E-state index is 13.0. The van der Waals surface area contributed by atoms with E-state index >= 15 is 0 Å². The molecule has 0 radical (unpaired) electrons. The molecular formula is C19H28N2O3. The van der Waals surface area contributed by atoms with Gasteiger partial charge in [-0.05, 0) is 38.3 Å². The van der Waals surface area contributed by atoms with Gasteiger partial charge in [0, 0.05) is 38.8 Å². The van der Waals surface area contributed by atoms with Crippen molar-refractivity contribution in [1.29, 1.82) is 0 Å². The molecule has 132 valence electrons. The quantitative estimate of drug-likeness (QED) is 0.802. The Hall–Kier alpha value is -1.59. The van der Waals surface area contributed by atoms with Crippen LogP contribution in [0.25, 0.3) is 0 Å². The number of hydrogen-bond donors (Lipinski definition) is 0. The Morgan fingerprint density at radius 1 is 1.25 bits per heavy atom.